The Hall–Kier alpha value is -2.88. The molecule has 0 saturated carbocycles. The van der Waals surface area contributed by atoms with Crippen LogP contribution in [0, 0.1) is 0 Å². The summed E-state index contributed by atoms with van der Waals surface area (Å²) in [6.07, 6.45) is 0. The molecule has 3 amide bonds. The van der Waals surface area contributed by atoms with Gasteiger partial charge < -0.3 is 30.7 Å². The standard InChI is InChI=1S/C22H23BrN4O4/c1-31-18-7-6-13(10-16(18)23)20-15-12-27(19(29)11-24-8-9-28)17-5-3-2-4-14(17)21(15)26-22(30)25-20/h2-7,10,20,24,28H,8-9,11-12H2,1H3,(H2,25,26,30). The number of anilines is 1. The highest BCUT2D eigenvalue weighted by atomic mass is 79.9. The molecule has 9 heteroatoms. The summed E-state index contributed by atoms with van der Waals surface area (Å²) in [4.78, 5) is 27.2. The average Bonchev–Trinajstić information content (AvgIpc) is 2.78. The fraction of sp³-hybridized carbons (Fsp3) is 0.273. The van der Waals surface area contributed by atoms with Crippen LogP contribution in [0.2, 0.25) is 0 Å². The summed E-state index contributed by atoms with van der Waals surface area (Å²) in [5, 5.41) is 17.8. The van der Waals surface area contributed by atoms with Gasteiger partial charge in [0.1, 0.15) is 5.75 Å². The molecule has 2 heterocycles. The van der Waals surface area contributed by atoms with Crippen LogP contribution in [0.5, 0.6) is 5.75 Å². The van der Waals surface area contributed by atoms with Gasteiger partial charge in [-0.15, -0.1) is 0 Å². The molecule has 2 aliphatic heterocycles. The smallest absolute Gasteiger partial charge is 0.320 e. The maximum Gasteiger partial charge on any atom is 0.320 e. The number of rotatable bonds is 6. The molecular formula is C22H23BrN4O4. The summed E-state index contributed by atoms with van der Waals surface area (Å²) in [7, 11) is 1.60. The third-order valence-electron chi connectivity index (χ3n) is 5.35. The second kappa shape index (κ2) is 9.09. The number of amides is 3. The number of aliphatic hydroxyl groups excluding tert-OH is 1. The molecule has 31 heavy (non-hydrogen) atoms. The van der Waals surface area contributed by atoms with Crippen molar-refractivity contribution in [2.75, 3.05) is 38.3 Å². The van der Waals surface area contributed by atoms with Crippen LogP contribution in [0.3, 0.4) is 0 Å². The molecule has 0 aliphatic carbocycles. The summed E-state index contributed by atoms with van der Waals surface area (Å²) in [5.41, 5.74) is 4.04. The van der Waals surface area contributed by atoms with Crippen LogP contribution in [-0.4, -0.2) is 50.4 Å². The summed E-state index contributed by atoms with van der Waals surface area (Å²) < 4.78 is 6.10. The minimum absolute atomic E-state index is 0.0382. The van der Waals surface area contributed by atoms with E-state index in [1.165, 1.54) is 0 Å². The molecule has 0 aromatic heterocycles. The zero-order valence-electron chi connectivity index (χ0n) is 16.9. The van der Waals surface area contributed by atoms with Crippen LogP contribution in [0.1, 0.15) is 17.2 Å². The van der Waals surface area contributed by atoms with E-state index in [0.717, 1.165) is 32.6 Å². The van der Waals surface area contributed by atoms with Crippen molar-refractivity contribution in [2.24, 2.45) is 0 Å². The molecule has 162 valence electrons. The van der Waals surface area contributed by atoms with Gasteiger partial charge in [-0.3, -0.25) is 4.79 Å². The monoisotopic (exact) mass is 486 g/mol. The van der Waals surface area contributed by atoms with Crippen molar-refractivity contribution in [2.45, 2.75) is 6.04 Å². The van der Waals surface area contributed by atoms with Crippen molar-refractivity contribution in [1.29, 1.82) is 0 Å². The normalized spacial score (nSPS) is 17.5. The predicted molar refractivity (Wildman–Crippen MR) is 121 cm³/mol. The number of halogens is 1. The molecule has 2 aromatic carbocycles. The minimum atomic E-state index is -0.403. The number of carbonyl (C=O) groups is 2. The van der Waals surface area contributed by atoms with Crippen molar-refractivity contribution in [3.05, 3.63) is 63.6 Å². The van der Waals surface area contributed by atoms with Gasteiger partial charge in [0.2, 0.25) is 5.91 Å². The number of aliphatic hydroxyl groups is 1. The maximum atomic E-state index is 13.0. The first kappa shape index (κ1) is 21.4. The first-order valence-corrected chi connectivity index (χ1v) is 10.7. The average molecular weight is 487 g/mol. The van der Waals surface area contributed by atoms with E-state index in [2.05, 4.69) is 31.9 Å². The largest absolute Gasteiger partial charge is 0.496 e. The van der Waals surface area contributed by atoms with E-state index >= 15 is 0 Å². The molecule has 2 aliphatic rings. The number of hydrogen-bond acceptors (Lipinski definition) is 5. The first-order chi connectivity index (χ1) is 15.0. The summed E-state index contributed by atoms with van der Waals surface area (Å²) >= 11 is 3.51. The second-order valence-electron chi connectivity index (χ2n) is 7.22. The number of methoxy groups -OCH3 is 1. The Kier molecular flexibility index (Phi) is 6.26. The van der Waals surface area contributed by atoms with Gasteiger partial charge in [0.05, 0.1) is 48.7 Å². The number of carbonyl (C=O) groups excluding carboxylic acids is 2. The zero-order chi connectivity index (χ0) is 22.0. The highest BCUT2D eigenvalue weighted by molar-refractivity contribution is 9.10. The van der Waals surface area contributed by atoms with Crippen molar-refractivity contribution in [1.82, 2.24) is 16.0 Å². The Balaban J connectivity index is 1.75. The summed E-state index contributed by atoms with van der Waals surface area (Å²) in [6.45, 7) is 0.739. The fourth-order valence-corrected chi connectivity index (χ4v) is 4.48. The molecule has 8 nitrogen and oxygen atoms in total. The van der Waals surface area contributed by atoms with Crippen molar-refractivity contribution < 1.29 is 19.4 Å². The van der Waals surface area contributed by atoms with Crippen molar-refractivity contribution in [3.8, 4) is 5.75 Å². The third-order valence-corrected chi connectivity index (χ3v) is 5.97. The second-order valence-corrected chi connectivity index (χ2v) is 8.08. The number of ether oxygens (including phenoxy) is 1. The van der Waals surface area contributed by atoms with Gasteiger partial charge in [-0.2, -0.15) is 0 Å². The fourth-order valence-electron chi connectivity index (χ4n) is 3.92. The van der Waals surface area contributed by atoms with Crippen LogP contribution < -0.4 is 25.6 Å². The topological polar surface area (TPSA) is 103 Å². The number of urea groups is 1. The number of benzene rings is 2. The molecule has 1 atom stereocenters. The SMILES string of the molecule is COc1ccc(C2NC(=O)NC3=C2CN(C(=O)CNCCO)c2ccccc23)cc1Br. The molecule has 0 fully saturated rings. The lowest BCUT2D eigenvalue weighted by atomic mass is 9.88. The van der Waals surface area contributed by atoms with Gasteiger partial charge >= 0.3 is 6.03 Å². The van der Waals surface area contributed by atoms with Crippen molar-refractivity contribution >= 4 is 39.3 Å². The molecule has 4 N–H and O–H groups in total. The van der Waals surface area contributed by atoms with Crippen LogP contribution in [-0.2, 0) is 4.79 Å². The number of para-hydroxylation sites is 1. The zero-order valence-corrected chi connectivity index (χ0v) is 18.5. The molecule has 0 bridgehead atoms. The van der Waals surface area contributed by atoms with Crippen LogP contribution in [0.15, 0.2) is 52.5 Å². The predicted octanol–water partition coefficient (Wildman–Crippen LogP) is 2.15. The molecule has 4 rings (SSSR count). The third kappa shape index (κ3) is 4.16. The van der Waals surface area contributed by atoms with E-state index in [-0.39, 0.29) is 25.1 Å². The van der Waals surface area contributed by atoms with E-state index in [1.807, 2.05) is 42.5 Å². The summed E-state index contributed by atoms with van der Waals surface area (Å²) in [6, 6.07) is 12.5. The molecular weight excluding hydrogens is 464 g/mol. The molecule has 2 aromatic rings. The van der Waals surface area contributed by atoms with Crippen LogP contribution >= 0.6 is 15.9 Å². The highest BCUT2D eigenvalue weighted by Crippen LogP contribution is 2.41. The van der Waals surface area contributed by atoms with Gasteiger partial charge in [0.15, 0.2) is 0 Å². The number of nitrogens with zero attached hydrogens (tertiary/aromatic N) is 1. The quantitative estimate of drug-likeness (QED) is 0.468. The molecule has 0 spiro atoms. The van der Waals surface area contributed by atoms with Gasteiger partial charge in [-0.1, -0.05) is 24.3 Å². The van der Waals surface area contributed by atoms with E-state index < -0.39 is 6.04 Å². The van der Waals surface area contributed by atoms with E-state index in [9.17, 15) is 9.59 Å². The van der Waals surface area contributed by atoms with E-state index in [4.69, 9.17) is 9.84 Å². The highest BCUT2D eigenvalue weighted by Gasteiger charge is 2.36. The van der Waals surface area contributed by atoms with Crippen molar-refractivity contribution in [3.63, 3.8) is 0 Å². The Morgan fingerprint density at radius 1 is 1.32 bits per heavy atom. The number of hydrogen-bond donors (Lipinski definition) is 4. The lowest BCUT2D eigenvalue weighted by molar-refractivity contribution is -0.117. The van der Waals surface area contributed by atoms with Crippen LogP contribution in [0.4, 0.5) is 10.5 Å². The van der Waals surface area contributed by atoms with Gasteiger partial charge in [-0.25, -0.2) is 4.79 Å². The maximum absolute atomic E-state index is 13.0. The van der Waals surface area contributed by atoms with E-state index in [0.29, 0.717) is 18.8 Å². The minimum Gasteiger partial charge on any atom is -0.496 e. The molecule has 1 unspecified atom stereocenters. The van der Waals surface area contributed by atoms with Gasteiger partial charge in [0.25, 0.3) is 0 Å². The number of fused-ring (bicyclic) bond motifs is 2. The lowest BCUT2D eigenvalue weighted by Crippen LogP contribution is -2.50. The van der Waals surface area contributed by atoms with Crippen LogP contribution in [0.25, 0.3) is 5.70 Å². The van der Waals surface area contributed by atoms with Gasteiger partial charge in [0, 0.05) is 17.7 Å². The van der Waals surface area contributed by atoms with E-state index in [1.54, 1.807) is 12.0 Å². The number of nitrogens with one attached hydrogen (secondary N) is 3. The Bertz CT molecular complexity index is 1060. The Labute approximate surface area is 188 Å². The lowest BCUT2D eigenvalue weighted by Gasteiger charge is -2.39. The first-order valence-electron chi connectivity index (χ1n) is 9.88. The summed E-state index contributed by atoms with van der Waals surface area (Å²) in [5.74, 6) is 0.581. The molecule has 0 saturated heterocycles. The molecule has 0 radical (unpaired) electrons. The Morgan fingerprint density at radius 2 is 2.13 bits per heavy atom. The Morgan fingerprint density at radius 3 is 2.87 bits per heavy atom. The van der Waals surface area contributed by atoms with Gasteiger partial charge in [-0.05, 0) is 39.7 Å².